The quantitative estimate of drug-likeness (QED) is 0.675. The van der Waals surface area contributed by atoms with Crippen LogP contribution in [0.25, 0.3) is 0 Å². The van der Waals surface area contributed by atoms with E-state index < -0.39 is 5.97 Å². The van der Waals surface area contributed by atoms with Crippen molar-refractivity contribution < 1.29 is 9.90 Å². The molecule has 0 fully saturated rings. The number of hydrogen-bond acceptors (Lipinski definition) is 2. The summed E-state index contributed by atoms with van der Waals surface area (Å²) in [5, 5.41) is 8.35. The van der Waals surface area contributed by atoms with E-state index in [9.17, 15) is 9.59 Å². The summed E-state index contributed by atoms with van der Waals surface area (Å²) >= 11 is 0. The number of aromatic nitrogens is 2. The largest absolute Gasteiger partial charge is 0.481 e. The van der Waals surface area contributed by atoms with Gasteiger partial charge in [-0.3, -0.25) is 9.36 Å². The molecule has 0 saturated heterocycles. The minimum Gasteiger partial charge on any atom is -0.481 e. The molecule has 1 heterocycles. The highest BCUT2D eigenvalue weighted by atomic mass is 16.4. The number of hydrogen-bond donors (Lipinski definition) is 1. The first-order valence-corrected chi connectivity index (χ1v) is 3.55. The summed E-state index contributed by atoms with van der Waals surface area (Å²) in [6.45, 7) is 0.231. The van der Waals surface area contributed by atoms with Crippen molar-refractivity contribution in [3.8, 4) is 0 Å². The average Bonchev–Trinajstić information content (AvgIpc) is 2.30. The summed E-state index contributed by atoms with van der Waals surface area (Å²) in [6, 6.07) is 0. The van der Waals surface area contributed by atoms with Crippen LogP contribution in [0.5, 0.6) is 0 Å². The Morgan fingerprint density at radius 2 is 2.25 bits per heavy atom. The van der Waals surface area contributed by atoms with Crippen LogP contribution in [0.15, 0.2) is 17.2 Å². The van der Waals surface area contributed by atoms with Gasteiger partial charge in [-0.15, -0.1) is 0 Å². The third-order valence-corrected chi connectivity index (χ3v) is 1.58. The molecule has 5 nitrogen and oxygen atoms in total. The minimum absolute atomic E-state index is 0.0239. The summed E-state index contributed by atoms with van der Waals surface area (Å²) in [5.41, 5.74) is -0.184. The number of imidazole rings is 1. The molecule has 1 aromatic rings. The zero-order valence-electron chi connectivity index (χ0n) is 6.73. The number of carboxylic acids is 1. The van der Waals surface area contributed by atoms with E-state index in [0.29, 0.717) is 0 Å². The number of rotatable bonds is 3. The van der Waals surface area contributed by atoms with E-state index in [-0.39, 0.29) is 18.7 Å². The zero-order chi connectivity index (χ0) is 9.14. The Hall–Kier alpha value is -1.52. The third-order valence-electron chi connectivity index (χ3n) is 1.58. The van der Waals surface area contributed by atoms with Crippen LogP contribution in [0.3, 0.4) is 0 Å². The number of carboxylic acid groups (broad SMARTS) is 1. The summed E-state index contributed by atoms with van der Waals surface area (Å²) in [4.78, 5) is 21.3. The maximum Gasteiger partial charge on any atom is 0.327 e. The van der Waals surface area contributed by atoms with E-state index in [2.05, 4.69) is 0 Å². The second-order valence-electron chi connectivity index (χ2n) is 2.53. The van der Waals surface area contributed by atoms with Gasteiger partial charge in [0.15, 0.2) is 0 Å². The highest BCUT2D eigenvalue weighted by molar-refractivity contribution is 5.66. The van der Waals surface area contributed by atoms with Gasteiger partial charge in [0, 0.05) is 26.0 Å². The molecule has 1 rings (SSSR count). The number of aryl methyl sites for hydroxylation is 2. The first kappa shape index (κ1) is 8.58. The van der Waals surface area contributed by atoms with Gasteiger partial charge in [-0.1, -0.05) is 0 Å². The van der Waals surface area contributed by atoms with Crippen LogP contribution in [0.2, 0.25) is 0 Å². The molecule has 0 aromatic carbocycles. The van der Waals surface area contributed by atoms with Gasteiger partial charge in [0.05, 0.1) is 6.42 Å². The van der Waals surface area contributed by atoms with Crippen molar-refractivity contribution in [2.45, 2.75) is 13.0 Å². The second kappa shape index (κ2) is 3.25. The van der Waals surface area contributed by atoms with Gasteiger partial charge in [-0.05, 0) is 0 Å². The van der Waals surface area contributed by atoms with Crippen molar-refractivity contribution in [1.82, 2.24) is 9.13 Å². The lowest BCUT2D eigenvalue weighted by Gasteiger charge is -1.95. The standard InChI is InChI=1S/C7H10N2O3/c1-8-4-5-9(7(8)12)3-2-6(10)11/h4-5H,2-3H2,1H3,(H,10,11). The Morgan fingerprint density at radius 3 is 2.67 bits per heavy atom. The normalized spacial score (nSPS) is 10.1. The van der Waals surface area contributed by atoms with E-state index in [1.165, 1.54) is 9.13 Å². The van der Waals surface area contributed by atoms with E-state index >= 15 is 0 Å². The fourth-order valence-electron chi connectivity index (χ4n) is 0.897. The van der Waals surface area contributed by atoms with E-state index in [4.69, 9.17) is 5.11 Å². The molecule has 1 N–H and O–H groups in total. The molecular formula is C7H10N2O3. The molecule has 0 aliphatic rings. The van der Waals surface area contributed by atoms with Gasteiger partial charge in [-0.25, -0.2) is 4.79 Å². The van der Waals surface area contributed by atoms with Crippen LogP contribution in [-0.2, 0) is 18.4 Å². The second-order valence-corrected chi connectivity index (χ2v) is 2.53. The van der Waals surface area contributed by atoms with Crippen LogP contribution in [-0.4, -0.2) is 20.2 Å². The Kier molecular flexibility index (Phi) is 2.32. The molecule has 5 heteroatoms. The molecule has 0 atom stereocenters. The zero-order valence-corrected chi connectivity index (χ0v) is 6.73. The van der Waals surface area contributed by atoms with Crippen LogP contribution >= 0.6 is 0 Å². The van der Waals surface area contributed by atoms with E-state index in [1.54, 1.807) is 19.4 Å². The SMILES string of the molecule is Cn1ccn(CCC(=O)O)c1=O. The van der Waals surface area contributed by atoms with E-state index in [0.717, 1.165) is 0 Å². The Labute approximate surface area is 68.9 Å². The summed E-state index contributed by atoms with van der Waals surface area (Å²) in [6.07, 6.45) is 3.15. The topological polar surface area (TPSA) is 64.2 Å². The van der Waals surface area contributed by atoms with Crippen LogP contribution in [0.4, 0.5) is 0 Å². The Morgan fingerprint density at radius 1 is 1.58 bits per heavy atom. The fraction of sp³-hybridized carbons (Fsp3) is 0.429. The predicted octanol–water partition coefficient (Wildman–Crippen LogP) is -0.338. The molecule has 1 aromatic heterocycles. The van der Waals surface area contributed by atoms with Gasteiger partial charge < -0.3 is 9.67 Å². The molecule has 12 heavy (non-hydrogen) atoms. The van der Waals surface area contributed by atoms with Crippen molar-refractivity contribution in [3.05, 3.63) is 22.9 Å². The first-order valence-electron chi connectivity index (χ1n) is 3.55. The first-order chi connectivity index (χ1) is 5.61. The summed E-state index contributed by atoms with van der Waals surface area (Å²) < 4.78 is 2.77. The van der Waals surface area contributed by atoms with Crippen molar-refractivity contribution in [2.75, 3.05) is 0 Å². The van der Waals surface area contributed by atoms with Crippen molar-refractivity contribution in [1.29, 1.82) is 0 Å². The molecule has 0 saturated carbocycles. The van der Waals surface area contributed by atoms with Gasteiger partial charge in [0.1, 0.15) is 0 Å². The third kappa shape index (κ3) is 1.75. The molecule has 0 bridgehead atoms. The van der Waals surface area contributed by atoms with Crippen molar-refractivity contribution in [2.24, 2.45) is 7.05 Å². The highest BCUT2D eigenvalue weighted by Crippen LogP contribution is 1.87. The van der Waals surface area contributed by atoms with Gasteiger partial charge in [0.2, 0.25) is 0 Å². The lowest BCUT2D eigenvalue weighted by molar-refractivity contribution is -0.137. The van der Waals surface area contributed by atoms with Crippen molar-refractivity contribution in [3.63, 3.8) is 0 Å². The number of carbonyl (C=O) groups is 1. The molecule has 0 unspecified atom stereocenters. The molecule has 0 radical (unpaired) electrons. The van der Waals surface area contributed by atoms with Gasteiger partial charge in [-0.2, -0.15) is 0 Å². The maximum atomic E-state index is 11.1. The molecule has 0 aliphatic heterocycles. The summed E-state index contributed by atoms with van der Waals surface area (Å²) in [5.74, 6) is -0.897. The Bertz CT molecular complexity index is 337. The number of nitrogens with zero attached hydrogens (tertiary/aromatic N) is 2. The fourth-order valence-corrected chi connectivity index (χ4v) is 0.897. The van der Waals surface area contributed by atoms with Crippen LogP contribution < -0.4 is 5.69 Å². The minimum atomic E-state index is -0.897. The summed E-state index contributed by atoms with van der Waals surface area (Å²) in [7, 11) is 1.62. The van der Waals surface area contributed by atoms with E-state index in [1.807, 2.05) is 0 Å². The van der Waals surface area contributed by atoms with Gasteiger partial charge >= 0.3 is 11.7 Å². The number of aliphatic carboxylic acids is 1. The lowest BCUT2D eigenvalue weighted by atomic mass is 10.4. The van der Waals surface area contributed by atoms with Crippen LogP contribution in [0.1, 0.15) is 6.42 Å². The van der Waals surface area contributed by atoms with Crippen molar-refractivity contribution >= 4 is 5.97 Å². The molecule has 0 spiro atoms. The average molecular weight is 170 g/mol. The Balaban J connectivity index is 2.70. The lowest BCUT2D eigenvalue weighted by Crippen LogP contribution is -2.22. The highest BCUT2D eigenvalue weighted by Gasteiger charge is 2.01. The van der Waals surface area contributed by atoms with Gasteiger partial charge in [0.25, 0.3) is 0 Å². The predicted molar refractivity (Wildman–Crippen MR) is 41.9 cm³/mol. The van der Waals surface area contributed by atoms with Crippen LogP contribution in [0, 0.1) is 0 Å². The maximum absolute atomic E-state index is 11.1. The smallest absolute Gasteiger partial charge is 0.327 e. The molecular weight excluding hydrogens is 160 g/mol. The monoisotopic (exact) mass is 170 g/mol. The molecule has 0 amide bonds. The molecule has 0 aliphatic carbocycles. The molecule has 66 valence electrons.